The first kappa shape index (κ1) is 21.4. The number of fused-ring (bicyclic) bond motifs is 1. The van der Waals surface area contributed by atoms with Crippen LogP contribution in [-0.2, 0) is 19.1 Å². The number of ketones is 1. The molecule has 2 aromatic rings. The molecule has 1 N–H and O–H groups in total. The fourth-order valence-corrected chi connectivity index (χ4v) is 4.21. The molecule has 1 aliphatic rings. The fraction of sp³-hybridized carbons (Fsp3) is 0.500. The van der Waals surface area contributed by atoms with Gasteiger partial charge in [0.25, 0.3) is 0 Å². The molecule has 3 rings (SSSR count). The van der Waals surface area contributed by atoms with Gasteiger partial charge in [-0.15, -0.1) is 0 Å². The lowest BCUT2D eigenvalue weighted by molar-refractivity contribution is -0.156. The van der Waals surface area contributed by atoms with E-state index in [0.717, 1.165) is 32.1 Å². The third kappa shape index (κ3) is 4.47. The second-order valence-electron chi connectivity index (χ2n) is 7.24. The van der Waals surface area contributed by atoms with E-state index < -0.39 is 17.9 Å². The number of nitrogens with one attached hydrogen (secondary N) is 1. The molecule has 0 bridgehead atoms. The maximum atomic E-state index is 13.4. The minimum Gasteiger partial charge on any atom is -0.465 e. The monoisotopic (exact) mass is 419 g/mol. The maximum Gasteiger partial charge on any atom is 0.324 e. The Hall–Kier alpha value is -2.34. The molecule has 0 aliphatic heterocycles. The van der Waals surface area contributed by atoms with Crippen molar-refractivity contribution in [2.45, 2.75) is 51.9 Å². The molecule has 0 saturated heterocycles. The van der Waals surface area contributed by atoms with Gasteiger partial charge in [-0.1, -0.05) is 36.9 Å². The molecular formula is C22H26ClNO5. The summed E-state index contributed by atoms with van der Waals surface area (Å²) in [7, 11) is 0. The van der Waals surface area contributed by atoms with Crippen molar-refractivity contribution in [3.63, 3.8) is 0 Å². The van der Waals surface area contributed by atoms with Gasteiger partial charge < -0.3 is 14.5 Å². The van der Waals surface area contributed by atoms with Crippen LogP contribution in [0.1, 0.15) is 67.9 Å². The van der Waals surface area contributed by atoms with Crippen LogP contribution in [0.25, 0.3) is 10.9 Å². The summed E-state index contributed by atoms with van der Waals surface area (Å²) in [5.41, 5.74) is 1.20. The van der Waals surface area contributed by atoms with E-state index in [0.29, 0.717) is 21.5 Å². The number of benzene rings is 1. The van der Waals surface area contributed by atoms with Gasteiger partial charge in [-0.3, -0.25) is 14.4 Å². The number of Topliss-reactive ketones (excluding diaryl/α,β-unsaturated/α-hetero) is 1. The van der Waals surface area contributed by atoms with E-state index in [2.05, 4.69) is 4.98 Å². The number of carbonyl (C=O) groups excluding carboxylic acids is 3. The number of halogens is 1. The predicted molar refractivity (Wildman–Crippen MR) is 110 cm³/mol. The second kappa shape index (κ2) is 9.44. The highest BCUT2D eigenvalue weighted by molar-refractivity contribution is 6.31. The Balaban J connectivity index is 2.17. The topological polar surface area (TPSA) is 85.5 Å². The van der Waals surface area contributed by atoms with E-state index in [4.69, 9.17) is 21.1 Å². The van der Waals surface area contributed by atoms with E-state index in [1.165, 1.54) is 0 Å². The van der Waals surface area contributed by atoms with E-state index >= 15 is 0 Å². The zero-order valence-corrected chi connectivity index (χ0v) is 17.5. The van der Waals surface area contributed by atoms with Crippen LogP contribution in [0.3, 0.4) is 0 Å². The molecular weight excluding hydrogens is 394 g/mol. The number of aromatic nitrogens is 1. The summed E-state index contributed by atoms with van der Waals surface area (Å²) in [4.78, 5) is 42.0. The SMILES string of the molecule is CCOC(=O)C(C(=O)OCC)c1c(C(=O)C2CCCCC2)[nH]c2cc(Cl)ccc12. The van der Waals surface area contributed by atoms with Crippen LogP contribution in [0.4, 0.5) is 0 Å². The van der Waals surface area contributed by atoms with Crippen molar-refractivity contribution < 1.29 is 23.9 Å². The lowest BCUT2D eigenvalue weighted by atomic mass is 9.83. The molecule has 0 unspecified atom stereocenters. The van der Waals surface area contributed by atoms with Gasteiger partial charge in [0.1, 0.15) is 0 Å². The molecule has 0 radical (unpaired) electrons. The summed E-state index contributed by atoms with van der Waals surface area (Å²) in [5.74, 6) is -2.98. The minimum atomic E-state index is -1.33. The van der Waals surface area contributed by atoms with Gasteiger partial charge in [0, 0.05) is 27.4 Å². The van der Waals surface area contributed by atoms with Gasteiger partial charge >= 0.3 is 11.9 Å². The Morgan fingerprint density at radius 1 is 1.07 bits per heavy atom. The Labute approximate surface area is 174 Å². The third-order valence-electron chi connectivity index (χ3n) is 5.36. The molecule has 1 aromatic heterocycles. The quantitative estimate of drug-likeness (QED) is 0.396. The minimum absolute atomic E-state index is 0.0781. The first-order chi connectivity index (χ1) is 14.0. The number of hydrogen-bond donors (Lipinski definition) is 1. The Morgan fingerprint density at radius 2 is 1.69 bits per heavy atom. The first-order valence-electron chi connectivity index (χ1n) is 10.2. The van der Waals surface area contributed by atoms with Crippen LogP contribution < -0.4 is 0 Å². The van der Waals surface area contributed by atoms with Gasteiger partial charge in [0.2, 0.25) is 0 Å². The summed E-state index contributed by atoms with van der Waals surface area (Å²) in [6.07, 6.45) is 4.72. The van der Waals surface area contributed by atoms with Crippen molar-refractivity contribution in [2.75, 3.05) is 13.2 Å². The van der Waals surface area contributed by atoms with E-state index in [1.54, 1.807) is 32.0 Å². The van der Waals surface area contributed by atoms with Gasteiger partial charge in [-0.2, -0.15) is 0 Å². The molecule has 29 heavy (non-hydrogen) atoms. The normalized spacial score (nSPS) is 14.9. The average molecular weight is 420 g/mol. The molecule has 156 valence electrons. The molecule has 1 aliphatic carbocycles. The number of carbonyl (C=O) groups is 3. The number of esters is 2. The highest BCUT2D eigenvalue weighted by Gasteiger charge is 2.38. The second-order valence-corrected chi connectivity index (χ2v) is 7.68. The largest absolute Gasteiger partial charge is 0.465 e. The standard InChI is InChI=1S/C22H26ClNO5/c1-3-28-21(26)18(22(27)29-4-2)17-15-11-10-14(23)12-16(15)24-19(17)20(25)13-8-6-5-7-9-13/h10-13,18,24H,3-9H2,1-2H3. The number of aromatic amines is 1. The van der Waals surface area contributed by atoms with Crippen LogP contribution in [0.5, 0.6) is 0 Å². The summed E-state index contributed by atoms with van der Waals surface area (Å²) in [6.45, 7) is 3.58. The van der Waals surface area contributed by atoms with Crippen LogP contribution in [0.15, 0.2) is 18.2 Å². The van der Waals surface area contributed by atoms with Crippen molar-refractivity contribution in [1.29, 1.82) is 0 Å². The molecule has 0 spiro atoms. The van der Waals surface area contributed by atoms with Crippen LogP contribution in [-0.4, -0.2) is 35.9 Å². The highest BCUT2D eigenvalue weighted by Crippen LogP contribution is 2.36. The Morgan fingerprint density at radius 3 is 2.28 bits per heavy atom. The molecule has 6 nitrogen and oxygen atoms in total. The van der Waals surface area contributed by atoms with Gasteiger partial charge in [-0.05, 0) is 38.8 Å². The summed E-state index contributed by atoms with van der Waals surface area (Å²) < 4.78 is 10.3. The number of rotatable bonds is 7. The number of ether oxygens (including phenoxy) is 2. The molecule has 7 heteroatoms. The summed E-state index contributed by atoms with van der Waals surface area (Å²) in [6, 6.07) is 5.07. The first-order valence-corrected chi connectivity index (χ1v) is 10.5. The lowest BCUT2D eigenvalue weighted by Gasteiger charge is -2.21. The van der Waals surface area contributed by atoms with Crippen LogP contribution in [0.2, 0.25) is 5.02 Å². The lowest BCUT2D eigenvalue weighted by Crippen LogP contribution is -2.28. The molecule has 1 saturated carbocycles. The zero-order chi connectivity index (χ0) is 21.0. The van der Waals surface area contributed by atoms with Crippen LogP contribution in [0, 0.1) is 5.92 Å². The molecule has 0 atom stereocenters. The van der Waals surface area contributed by atoms with Gasteiger partial charge in [0.15, 0.2) is 11.7 Å². The van der Waals surface area contributed by atoms with Crippen molar-refractivity contribution >= 4 is 40.2 Å². The molecule has 1 fully saturated rings. The number of H-pyrrole nitrogens is 1. The third-order valence-corrected chi connectivity index (χ3v) is 5.59. The summed E-state index contributed by atoms with van der Waals surface area (Å²) >= 11 is 6.12. The van der Waals surface area contributed by atoms with Gasteiger partial charge in [-0.25, -0.2) is 0 Å². The van der Waals surface area contributed by atoms with Gasteiger partial charge in [0.05, 0.1) is 18.9 Å². The van der Waals surface area contributed by atoms with Crippen molar-refractivity contribution in [3.8, 4) is 0 Å². The Kier molecular flexibility index (Phi) is 6.96. The van der Waals surface area contributed by atoms with E-state index in [1.807, 2.05) is 0 Å². The number of hydrogen-bond acceptors (Lipinski definition) is 5. The molecule has 1 aromatic carbocycles. The summed E-state index contributed by atoms with van der Waals surface area (Å²) in [5, 5.41) is 1.09. The average Bonchev–Trinajstić information content (AvgIpc) is 3.07. The van der Waals surface area contributed by atoms with E-state index in [-0.39, 0.29) is 30.6 Å². The maximum absolute atomic E-state index is 13.4. The van der Waals surface area contributed by atoms with Crippen molar-refractivity contribution in [2.24, 2.45) is 5.92 Å². The highest BCUT2D eigenvalue weighted by atomic mass is 35.5. The van der Waals surface area contributed by atoms with Crippen LogP contribution >= 0.6 is 11.6 Å². The Bertz CT molecular complexity index is 895. The van der Waals surface area contributed by atoms with Crippen molar-refractivity contribution in [1.82, 2.24) is 4.98 Å². The smallest absolute Gasteiger partial charge is 0.324 e. The molecule has 1 heterocycles. The zero-order valence-electron chi connectivity index (χ0n) is 16.8. The van der Waals surface area contributed by atoms with Crippen molar-refractivity contribution in [3.05, 3.63) is 34.5 Å². The predicted octanol–water partition coefficient (Wildman–Crippen LogP) is 4.79. The van der Waals surface area contributed by atoms with E-state index in [9.17, 15) is 14.4 Å². The fourth-order valence-electron chi connectivity index (χ4n) is 4.04. The molecule has 0 amide bonds.